The minimum atomic E-state index is -0.299. The first kappa shape index (κ1) is 22.7. The fourth-order valence-corrected chi connectivity index (χ4v) is 3.97. The van der Waals surface area contributed by atoms with Gasteiger partial charge in [-0.05, 0) is 36.6 Å². The fraction of sp³-hybridized carbons (Fsp3) is 0.458. The average molecular weight is 425 g/mol. The quantitative estimate of drug-likeness (QED) is 0.702. The number of carbonyl (C=O) groups is 1. The summed E-state index contributed by atoms with van der Waals surface area (Å²) in [5.41, 5.74) is 3.03. The normalized spacial score (nSPS) is 16.5. The van der Waals surface area contributed by atoms with Gasteiger partial charge in [0.1, 0.15) is 17.7 Å². The maximum Gasteiger partial charge on any atom is 0.225 e. The van der Waals surface area contributed by atoms with Crippen LogP contribution in [-0.4, -0.2) is 55.2 Å². The Morgan fingerprint density at radius 1 is 1.32 bits per heavy atom. The number of nitriles is 1. The molecule has 6 nitrogen and oxygen atoms in total. The highest BCUT2D eigenvalue weighted by Crippen LogP contribution is 2.34. The van der Waals surface area contributed by atoms with E-state index in [-0.39, 0.29) is 23.7 Å². The Kier molecular flexibility index (Phi) is 7.24. The Bertz CT molecular complexity index is 969. The van der Waals surface area contributed by atoms with E-state index in [0.717, 1.165) is 16.8 Å². The molecule has 1 fully saturated rings. The predicted octanol–water partition coefficient (Wildman–Crippen LogP) is 3.96. The SMILES string of the molecule is COCCC(=O)N1CCN(c2nc(C(C)C)c(-c3ccc(F)cc3)cc2C#N)[C@H](C)C1. The number of hydrogen-bond donors (Lipinski definition) is 0. The van der Waals surface area contributed by atoms with Gasteiger partial charge in [-0.25, -0.2) is 9.37 Å². The van der Waals surface area contributed by atoms with Gasteiger partial charge < -0.3 is 14.5 Å². The molecule has 1 saturated heterocycles. The predicted molar refractivity (Wildman–Crippen MR) is 118 cm³/mol. The maximum atomic E-state index is 13.4. The lowest BCUT2D eigenvalue weighted by atomic mass is 9.95. The Morgan fingerprint density at radius 3 is 2.61 bits per heavy atom. The van der Waals surface area contributed by atoms with E-state index in [1.807, 2.05) is 17.9 Å². The number of benzene rings is 1. The number of piperazine rings is 1. The van der Waals surface area contributed by atoms with Crippen molar-refractivity contribution in [1.82, 2.24) is 9.88 Å². The highest BCUT2D eigenvalue weighted by Gasteiger charge is 2.30. The zero-order valence-corrected chi connectivity index (χ0v) is 18.6. The third-order valence-electron chi connectivity index (χ3n) is 5.63. The van der Waals surface area contributed by atoms with Crippen molar-refractivity contribution in [2.75, 3.05) is 38.3 Å². The number of amides is 1. The molecule has 0 N–H and O–H groups in total. The standard InChI is InChI=1S/C24H29FN4O2/c1-16(2)23-21(18-5-7-20(25)8-6-18)13-19(14-26)24(27-23)29-11-10-28(15-17(29)3)22(30)9-12-31-4/h5-8,13,16-17H,9-12,15H2,1-4H3/t17-/m1/s1. The molecule has 31 heavy (non-hydrogen) atoms. The molecule has 0 saturated carbocycles. The number of carbonyl (C=O) groups excluding carboxylic acids is 1. The summed E-state index contributed by atoms with van der Waals surface area (Å²) in [4.78, 5) is 21.3. The molecule has 1 aromatic heterocycles. The van der Waals surface area contributed by atoms with E-state index < -0.39 is 0 Å². The Balaban J connectivity index is 1.93. The van der Waals surface area contributed by atoms with Gasteiger partial charge in [0.05, 0.1) is 24.3 Å². The molecule has 2 heterocycles. The molecule has 164 valence electrons. The maximum absolute atomic E-state index is 13.4. The molecule has 0 bridgehead atoms. The van der Waals surface area contributed by atoms with E-state index in [2.05, 4.69) is 24.8 Å². The summed E-state index contributed by atoms with van der Waals surface area (Å²) in [6.07, 6.45) is 0.370. The second kappa shape index (κ2) is 9.88. The van der Waals surface area contributed by atoms with Gasteiger partial charge in [-0.2, -0.15) is 5.26 Å². The van der Waals surface area contributed by atoms with Gasteiger partial charge in [-0.3, -0.25) is 4.79 Å². The highest BCUT2D eigenvalue weighted by atomic mass is 19.1. The zero-order valence-electron chi connectivity index (χ0n) is 18.6. The van der Waals surface area contributed by atoms with Gasteiger partial charge in [0.2, 0.25) is 5.91 Å². The van der Waals surface area contributed by atoms with E-state index in [4.69, 9.17) is 9.72 Å². The number of methoxy groups -OCH3 is 1. The largest absolute Gasteiger partial charge is 0.384 e. The van der Waals surface area contributed by atoms with Gasteiger partial charge >= 0.3 is 0 Å². The Labute approximate surface area is 183 Å². The van der Waals surface area contributed by atoms with Crippen molar-refractivity contribution in [1.29, 1.82) is 5.26 Å². The van der Waals surface area contributed by atoms with Crippen molar-refractivity contribution in [3.8, 4) is 17.2 Å². The second-order valence-electron chi connectivity index (χ2n) is 8.19. The van der Waals surface area contributed by atoms with Crippen LogP contribution in [0, 0.1) is 17.1 Å². The highest BCUT2D eigenvalue weighted by molar-refractivity contribution is 5.77. The van der Waals surface area contributed by atoms with Crippen LogP contribution in [0.3, 0.4) is 0 Å². The molecule has 1 amide bonds. The number of rotatable bonds is 6. The van der Waals surface area contributed by atoms with E-state index in [0.29, 0.717) is 44.0 Å². The van der Waals surface area contributed by atoms with Crippen molar-refractivity contribution in [2.45, 2.75) is 39.2 Å². The van der Waals surface area contributed by atoms with Gasteiger partial charge in [0, 0.05) is 38.3 Å². The molecule has 0 radical (unpaired) electrons. The number of ether oxygens (including phenoxy) is 1. The van der Waals surface area contributed by atoms with Crippen molar-refractivity contribution < 1.29 is 13.9 Å². The molecular formula is C24H29FN4O2. The monoisotopic (exact) mass is 424 g/mol. The van der Waals surface area contributed by atoms with Crippen LogP contribution < -0.4 is 4.90 Å². The molecule has 1 aliphatic rings. The fourth-order valence-electron chi connectivity index (χ4n) is 3.97. The molecule has 1 atom stereocenters. The van der Waals surface area contributed by atoms with Crippen molar-refractivity contribution in [2.24, 2.45) is 0 Å². The number of nitrogens with zero attached hydrogens (tertiary/aromatic N) is 4. The van der Waals surface area contributed by atoms with Crippen LogP contribution in [0.25, 0.3) is 11.1 Å². The summed E-state index contributed by atoms with van der Waals surface area (Å²) in [6, 6.07) is 10.4. The van der Waals surface area contributed by atoms with Crippen LogP contribution >= 0.6 is 0 Å². The Morgan fingerprint density at radius 2 is 2.03 bits per heavy atom. The molecule has 1 aliphatic heterocycles. The van der Waals surface area contributed by atoms with Gasteiger partial charge in [0.25, 0.3) is 0 Å². The van der Waals surface area contributed by atoms with Crippen LogP contribution in [0.4, 0.5) is 10.2 Å². The zero-order chi connectivity index (χ0) is 22.5. The first-order chi connectivity index (χ1) is 14.8. The summed E-state index contributed by atoms with van der Waals surface area (Å²) in [5.74, 6) is 0.551. The Hall–Kier alpha value is -2.98. The number of aromatic nitrogens is 1. The van der Waals surface area contributed by atoms with E-state index in [1.54, 1.807) is 19.2 Å². The lowest BCUT2D eigenvalue weighted by Gasteiger charge is -2.41. The third-order valence-corrected chi connectivity index (χ3v) is 5.63. The third kappa shape index (κ3) is 5.02. The van der Waals surface area contributed by atoms with Crippen LogP contribution in [0.2, 0.25) is 0 Å². The lowest BCUT2D eigenvalue weighted by Crippen LogP contribution is -2.54. The molecule has 2 aromatic rings. The van der Waals surface area contributed by atoms with E-state index in [1.165, 1.54) is 12.1 Å². The lowest BCUT2D eigenvalue weighted by molar-refractivity contribution is -0.132. The minimum Gasteiger partial charge on any atom is -0.384 e. The molecule has 1 aromatic carbocycles. The van der Waals surface area contributed by atoms with Crippen LogP contribution in [0.1, 0.15) is 44.4 Å². The summed E-state index contributed by atoms with van der Waals surface area (Å²) in [5, 5.41) is 9.86. The second-order valence-corrected chi connectivity index (χ2v) is 8.19. The summed E-state index contributed by atoms with van der Waals surface area (Å²) >= 11 is 0. The van der Waals surface area contributed by atoms with Gasteiger partial charge in [0.15, 0.2) is 0 Å². The van der Waals surface area contributed by atoms with Crippen LogP contribution in [0.15, 0.2) is 30.3 Å². The average Bonchev–Trinajstić information content (AvgIpc) is 2.77. The first-order valence-electron chi connectivity index (χ1n) is 10.6. The number of pyridine rings is 1. The smallest absolute Gasteiger partial charge is 0.225 e. The van der Waals surface area contributed by atoms with Crippen molar-refractivity contribution in [3.63, 3.8) is 0 Å². The molecule has 3 rings (SSSR count). The van der Waals surface area contributed by atoms with Crippen molar-refractivity contribution in [3.05, 3.63) is 47.4 Å². The number of hydrogen-bond acceptors (Lipinski definition) is 5. The van der Waals surface area contributed by atoms with Gasteiger partial charge in [-0.15, -0.1) is 0 Å². The number of halogens is 1. The molecule has 0 unspecified atom stereocenters. The topological polar surface area (TPSA) is 69.5 Å². The van der Waals surface area contributed by atoms with E-state index >= 15 is 0 Å². The van der Waals surface area contributed by atoms with Crippen LogP contribution in [-0.2, 0) is 9.53 Å². The molecule has 7 heteroatoms. The molecular weight excluding hydrogens is 395 g/mol. The van der Waals surface area contributed by atoms with Gasteiger partial charge in [-0.1, -0.05) is 26.0 Å². The summed E-state index contributed by atoms with van der Waals surface area (Å²) in [6.45, 7) is 8.33. The first-order valence-corrected chi connectivity index (χ1v) is 10.6. The van der Waals surface area contributed by atoms with Crippen molar-refractivity contribution >= 4 is 11.7 Å². The minimum absolute atomic E-state index is 0.0246. The summed E-state index contributed by atoms with van der Waals surface area (Å²) < 4.78 is 18.4. The van der Waals surface area contributed by atoms with E-state index in [9.17, 15) is 14.4 Å². The molecule has 0 aliphatic carbocycles. The van der Waals surface area contributed by atoms with Crippen LogP contribution in [0.5, 0.6) is 0 Å². The molecule has 0 spiro atoms. The number of anilines is 1. The summed E-state index contributed by atoms with van der Waals surface area (Å²) in [7, 11) is 1.59.